The second kappa shape index (κ2) is 3.26. The van der Waals surface area contributed by atoms with Crippen molar-refractivity contribution >= 4 is 11.7 Å². The number of hydrogen-bond donors (Lipinski definition) is 3. The first-order chi connectivity index (χ1) is 6.34. The van der Waals surface area contributed by atoms with Crippen LogP contribution in [0.1, 0.15) is 12.5 Å². The zero-order chi connectivity index (χ0) is 10.9. The monoisotopic (exact) mass is 198 g/mol. The molecule has 0 spiro atoms. The number of carboxylic acids is 1. The van der Waals surface area contributed by atoms with Crippen molar-refractivity contribution in [3.05, 3.63) is 29.6 Å². The fraction of sp³-hybridized carbons (Fsp3) is 0.222. The summed E-state index contributed by atoms with van der Waals surface area (Å²) in [6.45, 7) is 1.28. The van der Waals surface area contributed by atoms with E-state index in [-0.39, 0.29) is 11.3 Å². The number of halogens is 1. The molecule has 0 saturated heterocycles. The highest BCUT2D eigenvalue weighted by atomic mass is 19.1. The SMILES string of the molecule is C[C@](N)(C(=O)O)c1cc(N)cc(F)c1. The summed E-state index contributed by atoms with van der Waals surface area (Å²) in [6, 6.07) is 3.50. The molecule has 1 aromatic rings. The van der Waals surface area contributed by atoms with E-state index in [9.17, 15) is 9.18 Å². The summed E-state index contributed by atoms with van der Waals surface area (Å²) in [4.78, 5) is 10.8. The van der Waals surface area contributed by atoms with Crippen LogP contribution < -0.4 is 11.5 Å². The predicted octanol–water partition coefficient (Wildman–Crippen LogP) is 0.666. The normalized spacial score (nSPS) is 14.8. The quantitative estimate of drug-likeness (QED) is 0.609. The van der Waals surface area contributed by atoms with Gasteiger partial charge in [0.15, 0.2) is 0 Å². The summed E-state index contributed by atoms with van der Waals surface area (Å²) >= 11 is 0. The fourth-order valence-corrected chi connectivity index (χ4v) is 1.04. The summed E-state index contributed by atoms with van der Waals surface area (Å²) in [7, 11) is 0. The number of anilines is 1. The van der Waals surface area contributed by atoms with Crippen molar-refractivity contribution in [1.29, 1.82) is 0 Å². The molecular weight excluding hydrogens is 187 g/mol. The molecule has 0 radical (unpaired) electrons. The molecule has 0 bridgehead atoms. The Bertz CT molecular complexity index is 357. The first-order valence-corrected chi connectivity index (χ1v) is 3.93. The Hall–Kier alpha value is -1.62. The lowest BCUT2D eigenvalue weighted by atomic mass is 9.93. The Morgan fingerprint density at radius 2 is 2.07 bits per heavy atom. The molecule has 0 aliphatic carbocycles. The molecule has 1 aromatic carbocycles. The molecule has 1 atom stereocenters. The summed E-state index contributed by atoms with van der Waals surface area (Å²) in [6.07, 6.45) is 0. The summed E-state index contributed by atoms with van der Waals surface area (Å²) in [5, 5.41) is 8.79. The maximum Gasteiger partial charge on any atom is 0.328 e. The van der Waals surface area contributed by atoms with Crippen molar-refractivity contribution in [2.75, 3.05) is 5.73 Å². The number of rotatable bonds is 2. The van der Waals surface area contributed by atoms with Gasteiger partial charge in [-0.05, 0) is 30.7 Å². The average molecular weight is 198 g/mol. The van der Waals surface area contributed by atoms with Crippen LogP contribution in [-0.2, 0) is 10.3 Å². The van der Waals surface area contributed by atoms with Gasteiger partial charge in [0.2, 0.25) is 0 Å². The van der Waals surface area contributed by atoms with Gasteiger partial charge in [0.05, 0.1) is 0 Å². The lowest BCUT2D eigenvalue weighted by Crippen LogP contribution is -2.41. The minimum atomic E-state index is -1.63. The van der Waals surface area contributed by atoms with Gasteiger partial charge in [0.1, 0.15) is 11.4 Å². The number of carbonyl (C=O) groups is 1. The van der Waals surface area contributed by atoms with E-state index >= 15 is 0 Å². The van der Waals surface area contributed by atoms with Crippen LogP contribution in [0.5, 0.6) is 0 Å². The highest BCUT2D eigenvalue weighted by molar-refractivity contribution is 5.80. The van der Waals surface area contributed by atoms with Crippen molar-refractivity contribution in [2.45, 2.75) is 12.5 Å². The molecule has 0 unspecified atom stereocenters. The van der Waals surface area contributed by atoms with Crippen LogP contribution >= 0.6 is 0 Å². The Morgan fingerprint density at radius 3 is 2.50 bits per heavy atom. The predicted molar refractivity (Wildman–Crippen MR) is 50.0 cm³/mol. The van der Waals surface area contributed by atoms with E-state index in [4.69, 9.17) is 16.6 Å². The maximum atomic E-state index is 12.9. The van der Waals surface area contributed by atoms with Crippen molar-refractivity contribution in [3.8, 4) is 0 Å². The van der Waals surface area contributed by atoms with E-state index in [1.807, 2.05) is 0 Å². The molecular formula is C9H11FN2O2. The number of carboxylic acid groups (broad SMARTS) is 1. The van der Waals surface area contributed by atoms with E-state index in [0.29, 0.717) is 0 Å². The van der Waals surface area contributed by atoms with Gasteiger partial charge >= 0.3 is 5.97 Å². The van der Waals surface area contributed by atoms with Crippen LogP contribution in [0.2, 0.25) is 0 Å². The van der Waals surface area contributed by atoms with Crippen molar-refractivity contribution in [3.63, 3.8) is 0 Å². The van der Waals surface area contributed by atoms with Crippen LogP contribution in [0, 0.1) is 5.82 Å². The fourth-order valence-electron chi connectivity index (χ4n) is 1.04. The Balaban J connectivity index is 3.25. The molecule has 0 heterocycles. The van der Waals surface area contributed by atoms with Gasteiger partial charge in [-0.3, -0.25) is 0 Å². The van der Waals surface area contributed by atoms with Crippen LogP contribution in [0.4, 0.5) is 10.1 Å². The molecule has 0 amide bonds. The van der Waals surface area contributed by atoms with Crippen molar-refractivity contribution in [1.82, 2.24) is 0 Å². The van der Waals surface area contributed by atoms with Gasteiger partial charge in [0, 0.05) is 5.69 Å². The van der Waals surface area contributed by atoms with E-state index in [1.165, 1.54) is 13.0 Å². The molecule has 76 valence electrons. The van der Waals surface area contributed by atoms with E-state index in [2.05, 4.69) is 0 Å². The van der Waals surface area contributed by atoms with Gasteiger partial charge in [-0.1, -0.05) is 0 Å². The minimum Gasteiger partial charge on any atom is -0.480 e. The van der Waals surface area contributed by atoms with Gasteiger partial charge in [-0.15, -0.1) is 0 Å². The van der Waals surface area contributed by atoms with Crippen LogP contribution in [-0.4, -0.2) is 11.1 Å². The van der Waals surface area contributed by atoms with Gasteiger partial charge in [-0.25, -0.2) is 9.18 Å². The summed E-state index contributed by atoms with van der Waals surface area (Å²) < 4.78 is 12.9. The van der Waals surface area contributed by atoms with Crippen LogP contribution in [0.25, 0.3) is 0 Å². The topological polar surface area (TPSA) is 89.3 Å². The molecule has 4 nitrogen and oxygen atoms in total. The second-order valence-electron chi connectivity index (χ2n) is 3.28. The molecule has 14 heavy (non-hydrogen) atoms. The average Bonchev–Trinajstić information content (AvgIpc) is 2.01. The Kier molecular flexibility index (Phi) is 2.44. The van der Waals surface area contributed by atoms with E-state index in [1.54, 1.807) is 0 Å². The maximum absolute atomic E-state index is 12.9. The van der Waals surface area contributed by atoms with Gasteiger partial charge in [-0.2, -0.15) is 0 Å². The summed E-state index contributed by atoms with van der Waals surface area (Å²) in [5.74, 6) is -1.83. The molecule has 5 heteroatoms. The molecule has 5 N–H and O–H groups in total. The highest BCUT2D eigenvalue weighted by Crippen LogP contribution is 2.21. The standard InChI is InChI=1S/C9H11FN2O2/c1-9(12,8(13)14)5-2-6(10)4-7(11)3-5/h2-4H,11-12H2,1H3,(H,13,14)/t9-/m1/s1. The first kappa shape index (κ1) is 10.5. The minimum absolute atomic E-state index is 0.141. The van der Waals surface area contributed by atoms with Crippen molar-refractivity contribution in [2.24, 2.45) is 5.73 Å². The second-order valence-corrected chi connectivity index (χ2v) is 3.28. The highest BCUT2D eigenvalue weighted by Gasteiger charge is 2.30. The Labute approximate surface area is 80.3 Å². The lowest BCUT2D eigenvalue weighted by molar-refractivity contribution is -0.143. The molecule has 0 aliphatic rings. The van der Waals surface area contributed by atoms with E-state index in [0.717, 1.165) is 12.1 Å². The zero-order valence-corrected chi connectivity index (χ0v) is 7.62. The van der Waals surface area contributed by atoms with E-state index < -0.39 is 17.3 Å². The van der Waals surface area contributed by atoms with Crippen LogP contribution in [0.15, 0.2) is 18.2 Å². The molecule has 0 aromatic heterocycles. The lowest BCUT2D eigenvalue weighted by Gasteiger charge is -2.19. The number of hydrogen-bond acceptors (Lipinski definition) is 3. The first-order valence-electron chi connectivity index (χ1n) is 3.93. The number of nitrogens with two attached hydrogens (primary N) is 2. The largest absolute Gasteiger partial charge is 0.480 e. The number of nitrogen functional groups attached to an aromatic ring is 1. The number of benzene rings is 1. The van der Waals surface area contributed by atoms with Gasteiger partial charge in [0.25, 0.3) is 0 Å². The smallest absolute Gasteiger partial charge is 0.328 e. The Morgan fingerprint density at radius 1 is 1.50 bits per heavy atom. The van der Waals surface area contributed by atoms with Crippen LogP contribution in [0.3, 0.4) is 0 Å². The zero-order valence-electron chi connectivity index (χ0n) is 7.62. The summed E-state index contributed by atoms with van der Waals surface area (Å²) in [5.41, 5.74) is 9.53. The molecule has 0 aliphatic heterocycles. The third-order valence-corrected chi connectivity index (χ3v) is 1.96. The number of aliphatic carboxylic acids is 1. The van der Waals surface area contributed by atoms with Gasteiger partial charge < -0.3 is 16.6 Å². The van der Waals surface area contributed by atoms with Crippen molar-refractivity contribution < 1.29 is 14.3 Å². The molecule has 1 rings (SSSR count). The molecule has 0 fully saturated rings. The third-order valence-electron chi connectivity index (χ3n) is 1.96. The third kappa shape index (κ3) is 1.82. The molecule has 0 saturated carbocycles.